The lowest BCUT2D eigenvalue weighted by Gasteiger charge is -2.36. The van der Waals surface area contributed by atoms with Crippen LogP contribution in [0.15, 0.2) is 47.4 Å². The van der Waals surface area contributed by atoms with E-state index in [2.05, 4.69) is 29.4 Å². The number of ether oxygens (including phenoxy) is 1. The number of hydrogen-bond acceptors (Lipinski definition) is 3. The monoisotopic (exact) mass is 329 g/mol. The van der Waals surface area contributed by atoms with Crippen molar-refractivity contribution in [2.45, 2.75) is 31.2 Å². The second kappa shape index (κ2) is 7.05. The molecule has 0 amide bonds. The van der Waals surface area contributed by atoms with Crippen LogP contribution in [0.25, 0.3) is 0 Å². The minimum atomic E-state index is -1.17. The van der Waals surface area contributed by atoms with E-state index in [1.54, 1.807) is 7.11 Å². The summed E-state index contributed by atoms with van der Waals surface area (Å²) in [4.78, 5) is 0.854. The molecule has 1 heterocycles. The standard InChI is InChI=1S/C19H23NO2S/c1-14-7-9-16(10-8-14)23(21)20-12-11-17-15(2)5-4-6-18(17)19(20)13-22-3/h4-10,19H,11-13H2,1-3H3/t19-,23?/m1/s1. The Hall–Kier alpha value is -1.33. The molecule has 0 aliphatic carbocycles. The average Bonchev–Trinajstić information content (AvgIpc) is 2.56. The maximum Gasteiger partial charge on any atom is 0.174 e. The topological polar surface area (TPSA) is 35.5 Å². The number of aryl methyl sites for hydroxylation is 2. The molecule has 23 heavy (non-hydrogen) atoms. The van der Waals surface area contributed by atoms with Crippen molar-refractivity contribution in [2.24, 2.45) is 0 Å². The predicted molar refractivity (Wildman–Crippen MR) is 93.8 cm³/mol. The van der Waals surface area contributed by atoms with Gasteiger partial charge in [0.1, 0.15) is 6.04 Å². The van der Waals surface area contributed by atoms with Crippen molar-refractivity contribution in [3.05, 3.63) is 64.7 Å². The quantitative estimate of drug-likeness (QED) is 0.805. The van der Waals surface area contributed by atoms with Gasteiger partial charge in [0.2, 0.25) is 0 Å². The third kappa shape index (κ3) is 3.31. The van der Waals surface area contributed by atoms with Crippen LogP contribution in [0.3, 0.4) is 0 Å². The molecular formula is C19H23NO2S. The largest absolute Gasteiger partial charge is 0.593 e. The van der Waals surface area contributed by atoms with Crippen LogP contribution in [-0.4, -0.2) is 29.1 Å². The van der Waals surface area contributed by atoms with Crippen LogP contribution in [0.5, 0.6) is 0 Å². The fourth-order valence-corrected chi connectivity index (χ4v) is 4.53. The second-order valence-corrected chi connectivity index (χ2v) is 7.51. The molecule has 122 valence electrons. The minimum absolute atomic E-state index is 0.0331. The van der Waals surface area contributed by atoms with Crippen molar-refractivity contribution < 1.29 is 9.29 Å². The molecule has 1 aliphatic rings. The van der Waals surface area contributed by atoms with E-state index < -0.39 is 11.4 Å². The van der Waals surface area contributed by atoms with E-state index in [0.29, 0.717) is 6.61 Å². The Labute approximate surface area is 141 Å². The fraction of sp³-hybridized carbons (Fsp3) is 0.368. The van der Waals surface area contributed by atoms with Crippen molar-refractivity contribution in [2.75, 3.05) is 20.3 Å². The molecule has 0 saturated carbocycles. The zero-order chi connectivity index (χ0) is 16.4. The third-order valence-electron chi connectivity index (χ3n) is 4.50. The van der Waals surface area contributed by atoms with Crippen LogP contribution in [0.2, 0.25) is 0 Å². The zero-order valence-electron chi connectivity index (χ0n) is 13.9. The number of fused-ring (bicyclic) bond motifs is 1. The highest BCUT2D eigenvalue weighted by Crippen LogP contribution is 2.35. The maximum absolute atomic E-state index is 13.1. The van der Waals surface area contributed by atoms with Crippen molar-refractivity contribution in [3.8, 4) is 0 Å². The summed E-state index contributed by atoms with van der Waals surface area (Å²) in [6.45, 7) is 5.52. The van der Waals surface area contributed by atoms with Gasteiger partial charge in [-0.15, -0.1) is 4.31 Å². The van der Waals surface area contributed by atoms with Crippen molar-refractivity contribution in [1.82, 2.24) is 4.31 Å². The van der Waals surface area contributed by atoms with Crippen LogP contribution in [0.1, 0.15) is 28.3 Å². The Morgan fingerprint density at radius 2 is 1.91 bits per heavy atom. The highest BCUT2D eigenvalue weighted by molar-refractivity contribution is 7.89. The van der Waals surface area contributed by atoms with Gasteiger partial charge in [-0.3, -0.25) is 0 Å². The van der Waals surface area contributed by atoms with Gasteiger partial charge < -0.3 is 9.29 Å². The van der Waals surface area contributed by atoms with Crippen molar-refractivity contribution in [1.29, 1.82) is 0 Å². The average molecular weight is 329 g/mol. The molecule has 0 N–H and O–H groups in total. The summed E-state index contributed by atoms with van der Waals surface area (Å²) in [6, 6.07) is 14.4. The van der Waals surface area contributed by atoms with E-state index in [9.17, 15) is 4.55 Å². The van der Waals surface area contributed by atoms with E-state index >= 15 is 0 Å². The molecule has 3 rings (SSSR count). The molecule has 2 aromatic rings. The van der Waals surface area contributed by atoms with E-state index in [4.69, 9.17) is 4.74 Å². The summed E-state index contributed by atoms with van der Waals surface area (Å²) >= 11 is -1.17. The van der Waals surface area contributed by atoms with Crippen molar-refractivity contribution in [3.63, 3.8) is 0 Å². The maximum atomic E-state index is 13.1. The molecule has 0 saturated heterocycles. The fourth-order valence-electron chi connectivity index (χ4n) is 3.23. The van der Waals surface area contributed by atoms with Crippen LogP contribution < -0.4 is 0 Å². The number of nitrogens with zero attached hydrogens (tertiary/aromatic N) is 1. The van der Waals surface area contributed by atoms with E-state index in [1.807, 2.05) is 31.2 Å². The van der Waals surface area contributed by atoms with Gasteiger partial charge >= 0.3 is 0 Å². The highest BCUT2D eigenvalue weighted by atomic mass is 32.2. The van der Waals surface area contributed by atoms with E-state index in [-0.39, 0.29) is 6.04 Å². The smallest absolute Gasteiger partial charge is 0.174 e. The first-order chi connectivity index (χ1) is 11.1. The SMILES string of the molecule is COC[C@@H]1c2cccc(C)c2CCN1[S+]([O-])c1ccc(C)cc1. The van der Waals surface area contributed by atoms with Gasteiger partial charge in [0.25, 0.3) is 0 Å². The molecule has 1 aliphatic heterocycles. The summed E-state index contributed by atoms with van der Waals surface area (Å²) in [6.07, 6.45) is 0.930. The molecule has 2 aromatic carbocycles. The van der Waals surface area contributed by atoms with Gasteiger partial charge in [-0.1, -0.05) is 35.9 Å². The van der Waals surface area contributed by atoms with Crippen LogP contribution in [0.4, 0.5) is 0 Å². The second-order valence-electron chi connectivity index (χ2n) is 6.07. The summed E-state index contributed by atoms with van der Waals surface area (Å²) in [7, 11) is 1.71. The highest BCUT2D eigenvalue weighted by Gasteiger charge is 2.36. The molecule has 4 heteroatoms. The Morgan fingerprint density at radius 1 is 1.17 bits per heavy atom. The molecule has 1 unspecified atom stereocenters. The first kappa shape index (κ1) is 16.5. The van der Waals surface area contributed by atoms with Gasteiger partial charge in [0.15, 0.2) is 4.90 Å². The lowest BCUT2D eigenvalue weighted by Crippen LogP contribution is -2.42. The number of benzene rings is 2. The summed E-state index contributed by atoms with van der Waals surface area (Å²) in [5.74, 6) is 0. The Bertz CT molecular complexity index is 672. The van der Waals surface area contributed by atoms with Crippen LogP contribution >= 0.6 is 0 Å². The molecule has 3 nitrogen and oxygen atoms in total. The lowest BCUT2D eigenvalue weighted by molar-refractivity contribution is 0.128. The summed E-state index contributed by atoms with van der Waals surface area (Å²) < 4.78 is 20.6. The first-order valence-electron chi connectivity index (χ1n) is 7.94. The number of methoxy groups -OCH3 is 1. The van der Waals surface area contributed by atoms with Gasteiger partial charge in [0.05, 0.1) is 18.0 Å². The molecule has 2 atom stereocenters. The molecule has 0 fully saturated rings. The zero-order valence-corrected chi connectivity index (χ0v) is 14.7. The third-order valence-corrected chi connectivity index (χ3v) is 6.03. The predicted octanol–water partition coefficient (Wildman–Crippen LogP) is 3.57. The van der Waals surface area contributed by atoms with Gasteiger partial charge in [0, 0.05) is 13.7 Å². The van der Waals surface area contributed by atoms with E-state index in [1.165, 1.54) is 22.3 Å². The number of hydrogen-bond donors (Lipinski definition) is 0. The van der Waals surface area contributed by atoms with Gasteiger partial charge in [-0.05, 0) is 49.1 Å². The molecule has 0 spiro atoms. The summed E-state index contributed by atoms with van der Waals surface area (Å²) in [5, 5.41) is 0. The first-order valence-corrected chi connectivity index (χ1v) is 9.05. The van der Waals surface area contributed by atoms with Crippen LogP contribution in [0, 0.1) is 13.8 Å². The Balaban J connectivity index is 1.94. The number of rotatable bonds is 4. The minimum Gasteiger partial charge on any atom is -0.593 e. The molecule has 0 radical (unpaired) electrons. The lowest BCUT2D eigenvalue weighted by atomic mass is 9.91. The Kier molecular flexibility index (Phi) is 5.07. The van der Waals surface area contributed by atoms with E-state index in [0.717, 1.165) is 17.9 Å². The van der Waals surface area contributed by atoms with Gasteiger partial charge in [-0.25, -0.2) is 0 Å². The van der Waals surface area contributed by atoms with Crippen LogP contribution in [-0.2, 0) is 22.5 Å². The normalized spacial score (nSPS) is 19.4. The van der Waals surface area contributed by atoms with Gasteiger partial charge in [-0.2, -0.15) is 0 Å². The molecule has 0 aromatic heterocycles. The summed E-state index contributed by atoms with van der Waals surface area (Å²) in [5.41, 5.74) is 5.12. The Morgan fingerprint density at radius 3 is 2.61 bits per heavy atom. The molecule has 0 bridgehead atoms. The molecular weight excluding hydrogens is 306 g/mol. The van der Waals surface area contributed by atoms with Crippen molar-refractivity contribution >= 4 is 11.4 Å².